The summed E-state index contributed by atoms with van der Waals surface area (Å²) in [7, 11) is 0. The lowest BCUT2D eigenvalue weighted by molar-refractivity contribution is -0.138. The van der Waals surface area contributed by atoms with E-state index in [1.54, 1.807) is 0 Å². The van der Waals surface area contributed by atoms with Crippen LogP contribution in [0.5, 0.6) is 0 Å². The summed E-state index contributed by atoms with van der Waals surface area (Å²) >= 11 is 0. The number of nitrogens with zero attached hydrogens (tertiary/aromatic N) is 1. The maximum atomic E-state index is 13.0. The Balaban J connectivity index is 1.95. The van der Waals surface area contributed by atoms with Gasteiger partial charge in [0, 0.05) is 6.54 Å². The van der Waals surface area contributed by atoms with Crippen molar-refractivity contribution in [2.45, 2.75) is 18.6 Å². The number of piperidine rings is 1. The van der Waals surface area contributed by atoms with Gasteiger partial charge in [0.15, 0.2) is 0 Å². The molecule has 1 saturated heterocycles. The second kappa shape index (κ2) is 4.47. The fraction of sp³-hybridized carbons (Fsp3) is 0.429. The molecule has 112 valence electrons. The molecular formula is C14H13F3N2O2. The Kier molecular flexibility index (Phi) is 2.96. The van der Waals surface area contributed by atoms with Crippen molar-refractivity contribution in [3.05, 3.63) is 35.4 Å². The van der Waals surface area contributed by atoms with E-state index in [0.29, 0.717) is 6.54 Å². The summed E-state index contributed by atoms with van der Waals surface area (Å²) in [6.07, 6.45) is -3.81. The van der Waals surface area contributed by atoms with E-state index in [9.17, 15) is 22.8 Å². The third kappa shape index (κ3) is 2.26. The zero-order chi connectivity index (χ0) is 15.4. The summed E-state index contributed by atoms with van der Waals surface area (Å²) in [6.45, 7) is 0.295. The molecule has 3 rings (SSSR count). The molecule has 0 unspecified atom stereocenters. The van der Waals surface area contributed by atoms with Crippen molar-refractivity contribution in [2.75, 3.05) is 6.54 Å². The fourth-order valence-electron chi connectivity index (χ4n) is 3.11. The number of hydrogen-bond acceptors (Lipinski definition) is 2. The third-order valence-corrected chi connectivity index (χ3v) is 4.17. The van der Waals surface area contributed by atoms with Crippen molar-refractivity contribution in [2.24, 2.45) is 17.6 Å². The van der Waals surface area contributed by atoms with Crippen LogP contribution in [0, 0.1) is 11.8 Å². The lowest BCUT2D eigenvalue weighted by Crippen LogP contribution is -2.46. The minimum Gasteiger partial charge on any atom is -0.368 e. The van der Waals surface area contributed by atoms with Crippen LogP contribution in [-0.4, -0.2) is 29.3 Å². The van der Waals surface area contributed by atoms with Gasteiger partial charge in [-0.05, 0) is 30.4 Å². The van der Waals surface area contributed by atoms with E-state index in [1.165, 1.54) is 17.0 Å². The van der Waals surface area contributed by atoms with E-state index in [2.05, 4.69) is 0 Å². The second-order valence-corrected chi connectivity index (χ2v) is 5.51. The van der Waals surface area contributed by atoms with Crippen molar-refractivity contribution in [1.29, 1.82) is 0 Å². The lowest BCUT2D eigenvalue weighted by atomic mass is 10.0. The molecule has 7 heteroatoms. The first kappa shape index (κ1) is 13.9. The maximum Gasteiger partial charge on any atom is 0.417 e. The van der Waals surface area contributed by atoms with Crippen LogP contribution in [0.3, 0.4) is 0 Å². The molecule has 1 heterocycles. The molecule has 2 fully saturated rings. The van der Waals surface area contributed by atoms with Crippen LogP contribution in [0.25, 0.3) is 0 Å². The average molecular weight is 298 g/mol. The number of primary amides is 1. The van der Waals surface area contributed by atoms with Gasteiger partial charge in [0.1, 0.15) is 6.04 Å². The Morgan fingerprint density at radius 2 is 1.90 bits per heavy atom. The van der Waals surface area contributed by atoms with E-state index in [0.717, 1.165) is 18.6 Å². The molecule has 1 aromatic carbocycles. The van der Waals surface area contributed by atoms with Crippen LogP contribution in [0.2, 0.25) is 0 Å². The van der Waals surface area contributed by atoms with Crippen LogP contribution >= 0.6 is 0 Å². The number of hydrogen-bond donors (Lipinski definition) is 1. The van der Waals surface area contributed by atoms with E-state index < -0.39 is 35.2 Å². The number of amides is 2. The Labute approximate surface area is 118 Å². The molecule has 0 bridgehead atoms. The van der Waals surface area contributed by atoms with Crippen LogP contribution in [0.1, 0.15) is 22.3 Å². The van der Waals surface area contributed by atoms with Crippen LogP contribution in [0.15, 0.2) is 24.3 Å². The second-order valence-electron chi connectivity index (χ2n) is 5.51. The summed E-state index contributed by atoms with van der Waals surface area (Å²) < 4.78 is 38.9. The summed E-state index contributed by atoms with van der Waals surface area (Å²) in [5, 5.41) is 0. The number of carbonyl (C=O) groups is 2. The summed E-state index contributed by atoms with van der Waals surface area (Å²) in [5.41, 5.74) is 3.87. The fourth-order valence-corrected chi connectivity index (χ4v) is 3.11. The Bertz CT molecular complexity index is 614. The summed E-state index contributed by atoms with van der Waals surface area (Å²) in [4.78, 5) is 25.1. The molecule has 3 atom stereocenters. The number of halogens is 3. The molecule has 1 saturated carbocycles. The van der Waals surface area contributed by atoms with Crippen LogP contribution < -0.4 is 5.73 Å². The first-order valence-corrected chi connectivity index (χ1v) is 6.57. The molecule has 2 aliphatic rings. The zero-order valence-electron chi connectivity index (χ0n) is 10.9. The molecule has 1 aromatic rings. The molecular weight excluding hydrogens is 285 g/mol. The number of nitrogens with two attached hydrogens (primary N) is 1. The number of alkyl halides is 3. The minimum atomic E-state index is -4.61. The molecule has 0 spiro atoms. The SMILES string of the molecule is NC(=O)[C@@H]1[C@H]2C[C@H]2CN1C(=O)c1ccccc1C(F)(F)F. The minimum absolute atomic E-state index is 0.00417. The standard InChI is InChI=1S/C14H13F3N2O2/c15-14(16,17)10-4-2-1-3-8(10)13(21)19-6-7-5-9(7)11(19)12(18)20/h1-4,7,9,11H,5-6H2,(H2,18,20)/t7-,9-,11-/m0/s1. The zero-order valence-corrected chi connectivity index (χ0v) is 10.9. The predicted molar refractivity (Wildman–Crippen MR) is 67.1 cm³/mol. The number of rotatable bonds is 2. The Morgan fingerprint density at radius 3 is 2.52 bits per heavy atom. The largest absolute Gasteiger partial charge is 0.417 e. The van der Waals surface area contributed by atoms with E-state index in [1.807, 2.05) is 0 Å². The monoisotopic (exact) mass is 298 g/mol. The van der Waals surface area contributed by atoms with E-state index in [4.69, 9.17) is 5.73 Å². The van der Waals surface area contributed by atoms with Gasteiger partial charge in [-0.25, -0.2) is 0 Å². The number of fused-ring (bicyclic) bond motifs is 1. The van der Waals surface area contributed by atoms with Gasteiger partial charge in [-0.15, -0.1) is 0 Å². The average Bonchev–Trinajstić information content (AvgIpc) is 3.06. The first-order valence-electron chi connectivity index (χ1n) is 6.57. The van der Waals surface area contributed by atoms with Gasteiger partial charge in [0.25, 0.3) is 5.91 Å². The quantitative estimate of drug-likeness (QED) is 0.902. The van der Waals surface area contributed by atoms with Gasteiger partial charge >= 0.3 is 6.18 Å². The molecule has 1 aliphatic carbocycles. The highest BCUT2D eigenvalue weighted by molar-refractivity contribution is 5.99. The number of likely N-dealkylation sites (tertiary alicyclic amines) is 1. The van der Waals surface area contributed by atoms with Crippen molar-refractivity contribution in [3.8, 4) is 0 Å². The Hall–Kier alpha value is -2.05. The predicted octanol–water partition coefficient (Wildman–Crippen LogP) is 1.65. The molecule has 2 amide bonds. The highest BCUT2D eigenvalue weighted by atomic mass is 19.4. The van der Waals surface area contributed by atoms with Gasteiger partial charge in [-0.2, -0.15) is 13.2 Å². The molecule has 1 aliphatic heterocycles. The normalized spacial score (nSPS) is 27.4. The Morgan fingerprint density at radius 1 is 1.24 bits per heavy atom. The van der Waals surface area contributed by atoms with Gasteiger partial charge < -0.3 is 10.6 Å². The molecule has 0 radical (unpaired) electrons. The third-order valence-electron chi connectivity index (χ3n) is 4.17. The van der Waals surface area contributed by atoms with Crippen LogP contribution in [0.4, 0.5) is 13.2 Å². The highest BCUT2D eigenvalue weighted by Crippen LogP contribution is 2.50. The first-order chi connectivity index (χ1) is 9.80. The van der Waals surface area contributed by atoms with Gasteiger partial charge in [-0.1, -0.05) is 12.1 Å². The topological polar surface area (TPSA) is 63.4 Å². The van der Waals surface area contributed by atoms with Crippen molar-refractivity contribution >= 4 is 11.8 Å². The number of benzene rings is 1. The highest BCUT2D eigenvalue weighted by Gasteiger charge is 2.56. The number of carbonyl (C=O) groups excluding carboxylic acids is 2. The van der Waals surface area contributed by atoms with E-state index in [-0.39, 0.29) is 11.8 Å². The van der Waals surface area contributed by atoms with Crippen molar-refractivity contribution in [1.82, 2.24) is 4.90 Å². The van der Waals surface area contributed by atoms with Crippen molar-refractivity contribution < 1.29 is 22.8 Å². The lowest BCUT2D eigenvalue weighted by Gasteiger charge is -2.26. The molecule has 21 heavy (non-hydrogen) atoms. The molecule has 0 aromatic heterocycles. The van der Waals surface area contributed by atoms with E-state index >= 15 is 0 Å². The maximum absolute atomic E-state index is 13.0. The molecule has 4 nitrogen and oxygen atoms in total. The summed E-state index contributed by atoms with van der Waals surface area (Å²) in [6, 6.07) is 3.81. The van der Waals surface area contributed by atoms with Gasteiger partial charge in [0.2, 0.25) is 5.91 Å². The van der Waals surface area contributed by atoms with Crippen LogP contribution in [-0.2, 0) is 11.0 Å². The van der Waals surface area contributed by atoms with Crippen molar-refractivity contribution in [3.63, 3.8) is 0 Å². The summed E-state index contributed by atoms with van der Waals surface area (Å²) in [5.74, 6) is -1.24. The van der Waals surface area contributed by atoms with Gasteiger partial charge in [-0.3, -0.25) is 9.59 Å². The smallest absolute Gasteiger partial charge is 0.368 e. The van der Waals surface area contributed by atoms with Gasteiger partial charge in [0.05, 0.1) is 11.1 Å². The molecule has 2 N–H and O–H groups in total.